The Labute approximate surface area is 136 Å². The lowest BCUT2D eigenvalue weighted by atomic mass is 10.1. The molecule has 0 aliphatic heterocycles. The summed E-state index contributed by atoms with van der Waals surface area (Å²) in [5.74, 6) is 1.40. The molecular formula is C17H26BrNO2. The van der Waals surface area contributed by atoms with Crippen LogP contribution in [0.25, 0.3) is 0 Å². The summed E-state index contributed by atoms with van der Waals surface area (Å²) in [6.07, 6.45) is 3.21. The molecule has 118 valence electrons. The Morgan fingerprint density at radius 2 is 1.95 bits per heavy atom. The molecule has 0 aromatic heterocycles. The normalized spacial score (nSPS) is 12.2. The topological polar surface area (TPSA) is 38.3 Å². The average molecular weight is 356 g/mol. The van der Waals surface area contributed by atoms with Crippen molar-refractivity contribution in [3.63, 3.8) is 0 Å². The molecular weight excluding hydrogens is 330 g/mol. The van der Waals surface area contributed by atoms with Crippen LogP contribution in [0, 0.1) is 5.92 Å². The number of halogens is 1. The number of alkyl halides is 1. The molecule has 0 radical (unpaired) electrons. The summed E-state index contributed by atoms with van der Waals surface area (Å²) < 4.78 is 5.58. The molecule has 1 aromatic rings. The summed E-state index contributed by atoms with van der Waals surface area (Å²) in [5, 5.41) is 2.95. The summed E-state index contributed by atoms with van der Waals surface area (Å²) in [7, 11) is 0. The van der Waals surface area contributed by atoms with Gasteiger partial charge in [-0.1, -0.05) is 43.1 Å². The molecule has 0 aliphatic carbocycles. The SMILES string of the molecule is CCCCOc1ccc(C(=O)NCC(Br)CC(C)C)cc1. The third kappa shape index (κ3) is 7.51. The molecule has 1 rings (SSSR count). The zero-order chi connectivity index (χ0) is 15.7. The molecule has 0 saturated heterocycles. The first-order chi connectivity index (χ1) is 10.0. The van der Waals surface area contributed by atoms with Crippen molar-refractivity contribution in [1.29, 1.82) is 0 Å². The Morgan fingerprint density at radius 1 is 1.29 bits per heavy atom. The fourth-order valence-electron chi connectivity index (χ4n) is 1.94. The van der Waals surface area contributed by atoms with Crippen LogP contribution in [0.5, 0.6) is 5.75 Å². The molecule has 0 aliphatic rings. The second-order valence-electron chi connectivity index (χ2n) is 5.66. The zero-order valence-corrected chi connectivity index (χ0v) is 14.8. The van der Waals surface area contributed by atoms with Gasteiger partial charge in [-0.3, -0.25) is 4.79 Å². The molecule has 1 unspecified atom stereocenters. The smallest absolute Gasteiger partial charge is 0.251 e. The summed E-state index contributed by atoms with van der Waals surface area (Å²) in [6, 6.07) is 7.32. The number of unbranched alkanes of at least 4 members (excludes halogenated alkanes) is 1. The van der Waals surface area contributed by atoms with Crippen LogP contribution in [0.2, 0.25) is 0 Å². The minimum Gasteiger partial charge on any atom is -0.494 e. The van der Waals surface area contributed by atoms with Crippen LogP contribution in [0.3, 0.4) is 0 Å². The molecule has 1 amide bonds. The highest BCUT2D eigenvalue weighted by atomic mass is 79.9. The number of hydrogen-bond acceptors (Lipinski definition) is 2. The van der Waals surface area contributed by atoms with Gasteiger partial charge in [0.2, 0.25) is 0 Å². The standard InChI is InChI=1S/C17H26BrNO2/c1-4-5-10-21-16-8-6-14(7-9-16)17(20)19-12-15(18)11-13(2)3/h6-9,13,15H,4-5,10-12H2,1-3H3,(H,19,20). The molecule has 0 heterocycles. The van der Waals surface area contributed by atoms with Gasteiger partial charge in [0.25, 0.3) is 5.91 Å². The molecule has 21 heavy (non-hydrogen) atoms. The third-order valence-corrected chi connectivity index (χ3v) is 3.79. The monoisotopic (exact) mass is 355 g/mol. The molecule has 1 atom stereocenters. The first-order valence-corrected chi connectivity index (χ1v) is 8.59. The summed E-state index contributed by atoms with van der Waals surface area (Å²) in [4.78, 5) is 12.4. The van der Waals surface area contributed by atoms with Crippen LogP contribution >= 0.6 is 15.9 Å². The van der Waals surface area contributed by atoms with E-state index in [4.69, 9.17) is 4.74 Å². The highest BCUT2D eigenvalue weighted by molar-refractivity contribution is 9.09. The zero-order valence-electron chi connectivity index (χ0n) is 13.2. The van der Waals surface area contributed by atoms with Crippen molar-refractivity contribution in [1.82, 2.24) is 5.32 Å². The summed E-state index contributed by atoms with van der Waals surface area (Å²) >= 11 is 3.59. The Hall–Kier alpha value is -1.03. The van der Waals surface area contributed by atoms with E-state index in [2.05, 4.69) is 42.0 Å². The predicted molar refractivity (Wildman–Crippen MR) is 91.3 cm³/mol. The van der Waals surface area contributed by atoms with E-state index < -0.39 is 0 Å². The number of amides is 1. The van der Waals surface area contributed by atoms with Gasteiger partial charge in [0, 0.05) is 16.9 Å². The van der Waals surface area contributed by atoms with Crippen LogP contribution in [0.15, 0.2) is 24.3 Å². The van der Waals surface area contributed by atoms with Gasteiger partial charge in [0.05, 0.1) is 6.61 Å². The minimum atomic E-state index is -0.0386. The average Bonchev–Trinajstić information content (AvgIpc) is 2.45. The fraction of sp³-hybridized carbons (Fsp3) is 0.588. The molecule has 1 aromatic carbocycles. The van der Waals surface area contributed by atoms with Gasteiger partial charge >= 0.3 is 0 Å². The van der Waals surface area contributed by atoms with E-state index in [9.17, 15) is 4.79 Å². The fourth-order valence-corrected chi connectivity index (χ4v) is 2.85. The number of benzene rings is 1. The van der Waals surface area contributed by atoms with Gasteiger partial charge in [0.15, 0.2) is 0 Å². The van der Waals surface area contributed by atoms with E-state index in [1.165, 1.54) is 0 Å². The third-order valence-electron chi connectivity index (χ3n) is 3.09. The van der Waals surface area contributed by atoms with Gasteiger partial charge in [-0.05, 0) is 43.0 Å². The number of ether oxygens (including phenoxy) is 1. The van der Waals surface area contributed by atoms with Crippen molar-refractivity contribution in [2.24, 2.45) is 5.92 Å². The number of hydrogen-bond donors (Lipinski definition) is 1. The molecule has 4 heteroatoms. The van der Waals surface area contributed by atoms with Crippen molar-refractivity contribution < 1.29 is 9.53 Å². The van der Waals surface area contributed by atoms with Crippen LogP contribution in [0.1, 0.15) is 50.4 Å². The molecule has 0 saturated carbocycles. The molecule has 0 fully saturated rings. The number of carbonyl (C=O) groups is 1. The molecule has 0 bridgehead atoms. The van der Waals surface area contributed by atoms with E-state index in [0.29, 0.717) is 22.9 Å². The Balaban J connectivity index is 2.40. The molecule has 1 N–H and O–H groups in total. The number of rotatable bonds is 9. The van der Waals surface area contributed by atoms with Gasteiger partial charge in [-0.2, -0.15) is 0 Å². The van der Waals surface area contributed by atoms with Gasteiger partial charge in [-0.25, -0.2) is 0 Å². The number of nitrogens with one attached hydrogen (secondary N) is 1. The van der Waals surface area contributed by atoms with E-state index in [1.54, 1.807) is 0 Å². The highest BCUT2D eigenvalue weighted by Gasteiger charge is 2.10. The Kier molecular flexibility index (Phi) is 8.43. The second-order valence-corrected chi connectivity index (χ2v) is 6.96. The van der Waals surface area contributed by atoms with E-state index in [0.717, 1.165) is 31.6 Å². The van der Waals surface area contributed by atoms with Crippen LogP contribution in [-0.4, -0.2) is 23.9 Å². The predicted octanol–water partition coefficient (Wildman–Crippen LogP) is 4.40. The first-order valence-electron chi connectivity index (χ1n) is 7.68. The lowest BCUT2D eigenvalue weighted by Gasteiger charge is -2.13. The summed E-state index contributed by atoms with van der Waals surface area (Å²) in [5.41, 5.74) is 0.669. The van der Waals surface area contributed by atoms with Crippen molar-refractivity contribution in [3.05, 3.63) is 29.8 Å². The minimum absolute atomic E-state index is 0.0386. The quantitative estimate of drug-likeness (QED) is 0.526. The van der Waals surface area contributed by atoms with Gasteiger partial charge in [0.1, 0.15) is 5.75 Å². The van der Waals surface area contributed by atoms with Crippen molar-refractivity contribution in [2.75, 3.05) is 13.2 Å². The first kappa shape index (κ1) is 18.0. The maximum atomic E-state index is 12.0. The Bertz CT molecular complexity index is 417. The number of carbonyl (C=O) groups excluding carboxylic acids is 1. The molecule has 3 nitrogen and oxygen atoms in total. The lowest BCUT2D eigenvalue weighted by Crippen LogP contribution is -2.30. The van der Waals surface area contributed by atoms with Crippen molar-refractivity contribution in [2.45, 2.75) is 44.9 Å². The van der Waals surface area contributed by atoms with Crippen LogP contribution in [-0.2, 0) is 0 Å². The highest BCUT2D eigenvalue weighted by Crippen LogP contribution is 2.14. The lowest BCUT2D eigenvalue weighted by molar-refractivity contribution is 0.0953. The largest absolute Gasteiger partial charge is 0.494 e. The van der Waals surface area contributed by atoms with Gasteiger partial charge < -0.3 is 10.1 Å². The maximum absolute atomic E-state index is 12.0. The maximum Gasteiger partial charge on any atom is 0.251 e. The van der Waals surface area contributed by atoms with Crippen LogP contribution < -0.4 is 10.1 Å². The molecule has 0 spiro atoms. The Morgan fingerprint density at radius 3 is 2.52 bits per heavy atom. The van der Waals surface area contributed by atoms with Crippen molar-refractivity contribution in [3.8, 4) is 5.75 Å². The summed E-state index contributed by atoms with van der Waals surface area (Å²) in [6.45, 7) is 7.85. The van der Waals surface area contributed by atoms with E-state index in [1.807, 2.05) is 24.3 Å². The van der Waals surface area contributed by atoms with Crippen molar-refractivity contribution >= 4 is 21.8 Å². The van der Waals surface area contributed by atoms with E-state index >= 15 is 0 Å². The second kappa shape index (κ2) is 9.82. The van der Waals surface area contributed by atoms with Crippen LogP contribution in [0.4, 0.5) is 0 Å². The van der Waals surface area contributed by atoms with Gasteiger partial charge in [-0.15, -0.1) is 0 Å². The van der Waals surface area contributed by atoms with E-state index in [-0.39, 0.29) is 5.91 Å².